The summed E-state index contributed by atoms with van der Waals surface area (Å²) in [4.78, 5) is 0. The van der Waals surface area contributed by atoms with Crippen molar-refractivity contribution >= 4 is 17.3 Å². The van der Waals surface area contributed by atoms with Crippen LogP contribution in [0.4, 0.5) is 5.69 Å². The Hall–Kier alpha value is -1.20. The highest BCUT2D eigenvalue weighted by Gasteiger charge is 2.35. The van der Waals surface area contributed by atoms with E-state index >= 15 is 0 Å². The van der Waals surface area contributed by atoms with Crippen LogP contribution >= 0.6 is 11.6 Å². The molecule has 1 aromatic carbocycles. The average Bonchev–Trinajstić information content (AvgIpc) is 2.39. The Labute approximate surface area is 114 Å². The van der Waals surface area contributed by atoms with E-state index in [4.69, 9.17) is 11.6 Å². The number of halogens is 1. The van der Waals surface area contributed by atoms with E-state index < -0.39 is 5.54 Å². The minimum atomic E-state index is -0.495. The van der Waals surface area contributed by atoms with Gasteiger partial charge in [-0.05, 0) is 43.9 Å². The van der Waals surface area contributed by atoms with Crippen LogP contribution in [0.2, 0.25) is 5.02 Å². The second kappa shape index (κ2) is 5.63. The van der Waals surface area contributed by atoms with Crippen molar-refractivity contribution in [3.05, 3.63) is 29.3 Å². The van der Waals surface area contributed by atoms with Crippen LogP contribution in [0.1, 0.15) is 39.0 Å². The molecule has 1 atom stereocenters. The van der Waals surface area contributed by atoms with Crippen molar-refractivity contribution < 1.29 is 0 Å². The van der Waals surface area contributed by atoms with E-state index in [9.17, 15) is 5.26 Å². The van der Waals surface area contributed by atoms with Crippen LogP contribution in [-0.4, -0.2) is 5.54 Å². The van der Waals surface area contributed by atoms with Crippen molar-refractivity contribution in [2.75, 3.05) is 5.32 Å². The lowest BCUT2D eigenvalue weighted by molar-refractivity contribution is 0.286. The standard InChI is InChI=1S/C15H19ClN2/c1-15(11-17,12-6-3-2-4-7-12)18-14-9-5-8-13(16)10-14/h5,8-10,12,18H,2-4,6-7H2,1H3. The fraction of sp³-hybridized carbons (Fsp3) is 0.533. The van der Waals surface area contributed by atoms with Gasteiger partial charge in [0.05, 0.1) is 6.07 Å². The number of nitriles is 1. The number of nitrogens with zero attached hydrogens (tertiary/aromatic N) is 1. The van der Waals surface area contributed by atoms with Crippen molar-refractivity contribution in [1.29, 1.82) is 5.26 Å². The molecule has 0 amide bonds. The molecular formula is C15H19ClN2. The van der Waals surface area contributed by atoms with E-state index in [2.05, 4.69) is 11.4 Å². The van der Waals surface area contributed by atoms with Crippen molar-refractivity contribution in [2.45, 2.75) is 44.6 Å². The van der Waals surface area contributed by atoms with Crippen LogP contribution < -0.4 is 5.32 Å². The van der Waals surface area contributed by atoms with Gasteiger partial charge in [-0.25, -0.2) is 0 Å². The molecule has 3 heteroatoms. The molecule has 0 aromatic heterocycles. The number of benzene rings is 1. The van der Waals surface area contributed by atoms with Crippen LogP contribution in [0.25, 0.3) is 0 Å². The van der Waals surface area contributed by atoms with Gasteiger partial charge >= 0.3 is 0 Å². The van der Waals surface area contributed by atoms with Gasteiger partial charge < -0.3 is 5.32 Å². The van der Waals surface area contributed by atoms with Gasteiger partial charge in [-0.1, -0.05) is 36.9 Å². The Balaban J connectivity index is 2.15. The van der Waals surface area contributed by atoms with Crippen LogP contribution in [-0.2, 0) is 0 Å². The van der Waals surface area contributed by atoms with Gasteiger partial charge in [-0.3, -0.25) is 0 Å². The molecular weight excluding hydrogens is 244 g/mol. The second-order valence-corrected chi connectivity index (χ2v) is 5.72. The van der Waals surface area contributed by atoms with Crippen molar-refractivity contribution in [3.8, 4) is 6.07 Å². The molecule has 2 nitrogen and oxygen atoms in total. The molecule has 0 spiro atoms. The summed E-state index contributed by atoms with van der Waals surface area (Å²) in [5.74, 6) is 0.426. The van der Waals surface area contributed by atoms with E-state index in [1.807, 2.05) is 31.2 Å². The molecule has 2 rings (SSSR count). The SMILES string of the molecule is CC(C#N)(Nc1cccc(Cl)c1)C1CCCCC1. The molecule has 1 aromatic rings. The third-order valence-electron chi connectivity index (χ3n) is 3.88. The van der Waals surface area contributed by atoms with Crippen molar-refractivity contribution in [2.24, 2.45) is 5.92 Å². The number of hydrogen-bond donors (Lipinski definition) is 1. The summed E-state index contributed by atoms with van der Waals surface area (Å²) in [6.07, 6.45) is 6.04. The molecule has 1 fully saturated rings. The third kappa shape index (κ3) is 2.97. The summed E-state index contributed by atoms with van der Waals surface area (Å²) in [5.41, 5.74) is 0.433. The molecule has 18 heavy (non-hydrogen) atoms. The summed E-state index contributed by atoms with van der Waals surface area (Å²) >= 11 is 5.98. The Morgan fingerprint density at radius 2 is 2.06 bits per heavy atom. The smallest absolute Gasteiger partial charge is 0.125 e. The first-order valence-corrected chi connectivity index (χ1v) is 6.97. The molecule has 1 N–H and O–H groups in total. The largest absolute Gasteiger partial charge is 0.367 e. The van der Waals surface area contributed by atoms with Crippen molar-refractivity contribution in [1.82, 2.24) is 0 Å². The van der Waals surface area contributed by atoms with E-state index in [0.29, 0.717) is 10.9 Å². The first-order chi connectivity index (χ1) is 8.64. The zero-order chi connectivity index (χ0) is 13.0. The van der Waals surface area contributed by atoms with E-state index in [1.165, 1.54) is 19.3 Å². The maximum absolute atomic E-state index is 9.52. The fourth-order valence-corrected chi connectivity index (χ4v) is 2.96. The Bertz CT molecular complexity index is 446. The topological polar surface area (TPSA) is 35.8 Å². The minimum absolute atomic E-state index is 0.426. The number of anilines is 1. The van der Waals surface area contributed by atoms with Crippen LogP contribution in [0.5, 0.6) is 0 Å². The summed E-state index contributed by atoms with van der Waals surface area (Å²) in [6, 6.07) is 10.0. The van der Waals surface area contributed by atoms with Gasteiger partial charge in [0.25, 0.3) is 0 Å². The lowest BCUT2D eigenvalue weighted by atomic mass is 9.76. The third-order valence-corrected chi connectivity index (χ3v) is 4.12. The molecule has 0 bridgehead atoms. The van der Waals surface area contributed by atoms with E-state index in [0.717, 1.165) is 18.5 Å². The highest BCUT2D eigenvalue weighted by Crippen LogP contribution is 2.34. The van der Waals surface area contributed by atoms with Gasteiger partial charge in [-0.15, -0.1) is 0 Å². The summed E-state index contributed by atoms with van der Waals surface area (Å²) in [5, 5.41) is 13.6. The molecule has 1 unspecified atom stereocenters. The molecule has 1 aliphatic carbocycles. The lowest BCUT2D eigenvalue weighted by Crippen LogP contribution is -2.42. The quantitative estimate of drug-likeness (QED) is 0.863. The first-order valence-electron chi connectivity index (χ1n) is 6.59. The summed E-state index contributed by atoms with van der Waals surface area (Å²) < 4.78 is 0. The van der Waals surface area contributed by atoms with Crippen LogP contribution in [0.15, 0.2) is 24.3 Å². The van der Waals surface area contributed by atoms with Gasteiger partial charge in [0, 0.05) is 10.7 Å². The minimum Gasteiger partial charge on any atom is -0.367 e. The van der Waals surface area contributed by atoms with Crippen molar-refractivity contribution in [3.63, 3.8) is 0 Å². The predicted octanol–water partition coefficient (Wildman–Crippen LogP) is 4.61. The molecule has 0 radical (unpaired) electrons. The van der Waals surface area contributed by atoms with E-state index in [-0.39, 0.29) is 0 Å². The molecule has 0 aliphatic heterocycles. The second-order valence-electron chi connectivity index (χ2n) is 5.28. The highest BCUT2D eigenvalue weighted by molar-refractivity contribution is 6.30. The molecule has 1 saturated carbocycles. The van der Waals surface area contributed by atoms with Gasteiger partial charge in [0.2, 0.25) is 0 Å². The molecule has 96 valence electrons. The van der Waals surface area contributed by atoms with Gasteiger partial charge in [0.15, 0.2) is 0 Å². The maximum atomic E-state index is 9.52. The van der Waals surface area contributed by atoms with E-state index in [1.54, 1.807) is 0 Å². The number of nitrogens with one attached hydrogen (secondary N) is 1. The average molecular weight is 263 g/mol. The van der Waals surface area contributed by atoms with Gasteiger partial charge in [-0.2, -0.15) is 5.26 Å². The normalized spacial score (nSPS) is 19.8. The Morgan fingerprint density at radius 1 is 1.33 bits per heavy atom. The molecule has 0 saturated heterocycles. The Morgan fingerprint density at radius 3 is 2.67 bits per heavy atom. The fourth-order valence-electron chi connectivity index (χ4n) is 2.77. The highest BCUT2D eigenvalue weighted by atomic mass is 35.5. The molecule has 0 heterocycles. The predicted molar refractivity (Wildman–Crippen MR) is 75.7 cm³/mol. The zero-order valence-corrected chi connectivity index (χ0v) is 11.5. The molecule has 1 aliphatic rings. The van der Waals surface area contributed by atoms with Crippen LogP contribution in [0, 0.1) is 17.2 Å². The number of hydrogen-bond acceptors (Lipinski definition) is 2. The maximum Gasteiger partial charge on any atom is 0.125 e. The first kappa shape index (κ1) is 13.2. The number of rotatable bonds is 3. The summed E-state index contributed by atoms with van der Waals surface area (Å²) in [7, 11) is 0. The van der Waals surface area contributed by atoms with Gasteiger partial charge in [0.1, 0.15) is 5.54 Å². The Kier molecular flexibility index (Phi) is 4.14. The van der Waals surface area contributed by atoms with Crippen LogP contribution in [0.3, 0.4) is 0 Å². The summed E-state index contributed by atoms with van der Waals surface area (Å²) in [6.45, 7) is 2.00. The lowest BCUT2D eigenvalue weighted by Gasteiger charge is -2.36. The monoisotopic (exact) mass is 262 g/mol. The zero-order valence-electron chi connectivity index (χ0n) is 10.7.